The van der Waals surface area contributed by atoms with Crippen molar-refractivity contribution in [1.82, 2.24) is 24.4 Å². The number of amides is 1. The number of benzene rings is 2. The molecule has 9 heteroatoms. The molecule has 0 aliphatic heterocycles. The number of nitrogens with two attached hydrogens (primary N) is 2. The first kappa shape index (κ1) is 25.7. The molecule has 0 bridgehead atoms. The highest BCUT2D eigenvalue weighted by atomic mass is 16.3. The Kier molecular flexibility index (Phi) is 6.53. The first-order chi connectivity index (χ1) is 19.4. The average molecular weight is 534 g/mol. The lowest BCUT2D eigenvalue weighted by atomic mass is 9.73. The summed E-state index contributed by atoms with van der Waals surface area (Å²) in [5, 5.41) is 9.23. The van der Waals surface area contributed by atoms with Gasteiger partial charge >= 0.3 is 0 Å². The minimum Gasteiger partial charge on any atom is -0.395 e. The van der Waals surface area contributed by atoms with Gasteiger partial charge in [0.2, 0.25) is 0 Å². The van der Waals surface area contributed by atoms with Gasteiger partial charge in [-0.3, -0.25) is 9.36 Å². The van der Waals surface area contributed by atoms with Crippen molar-refractivity contribution in [2.45, 2.75) is 24.8 Å². The Morgan fingerprint density at radius 1 is 1.05 bits per heavy atom. The second kappa shape index (κ2) is 10.2. The molecule has 1 amide bonds. The zero-order valence-electron chi connectivity index (χ0n) is 22.3. The van der Waals surface area contributed by atoms with Crippen molar-refractivity contribution in [2.24, 2.45) is 5.73 Å². The first-order valence-corrected chi connectivity index (χ1v) is 13.3. The van der Waals surface area contributed by atoms with E-state index >= 15 is 0 Å². The van der Waals surface area contributed by atoms with Crippen LogP contribution in [0, 0.1) is 0 Å². The molecule has 5 N–H and O–H groups in total. The van der Waals surface area contributed by atoms with Crippen LogP contribution in [-0.4, -0.2) is 55.6 Å². The molecule has 0 spiro atoms. The number of nitrogen functional groups attached to an aromatic ring is 1. The Bertz CT molecular complexity index is 1710. The van der Waals surface area contributed by atoms with E-state index in [2.05, 4.69) is 17.1 Å². The third-order valence-corrected chi connectivity index (χ3v) is 7.72. The fourth-order valence-corrected chi connectivity index (χ4v) is 5.22. The number of rotatable bonds is 7. The monoisotopic (exact) mass is 533 g/mol. The van der Waals surface area contributed by atoms with Crippen molar-refractivity contribution in [2.75, 3.05) is 25.9 Å². The van der Waals surface area contributed by atoms with E-state index in [1.54, 1.807) is 19.3 Å². The molecule has 0 radical (unpaired) electrons. The third-order valence-electron chi connectivity index (χ3n) is 7.72. The number of hydrogen-bond donors (Lipinski definition) is 3. The Labute approximate surface area is 232 Å². The number of aliphatic hydroxyl groups excluding tert-OH is 1. The van der Waals surface area contributed by atoms with Crippen LogP contribution >= 0.6 is 0 Å². The molecule has 40 heavy (non-hydrogen) atoms. The highest BCUT2D eigenvalue weighted by molar-refractivity contribution is 5.95. The van der Waals surface area contributed by atoms with E-state index in [9.17, 15) is 9.90 Å². The number of carbonyl (C=O) groups is 1. The smallest absolute Gasteiger partial charge is 0.253 e. The van der Waals surface area contributed by atoms with E-state index in [4.69, 9.17) is 21.4 Å². The van der Waals surface area contributed by atoms with Crippen molar-refractivity contribution in [3.05, 3.63) is 90.1 Å². The molecule has 6 rings (SSSR count). The fourth-order valence-electron chi connectivity index (χ4n) is 5.22. The van der Waals surface area contributed by atoms with Gasteiger partial charge in [-0.05, 0) is 73.4 Å². The van der Waals surface area contributed by atoms with Gasteiger partial charge in [-0.25, -0.2) is 15.0 Å². The predicted molar refractivity (Wildman–Crippen MR) is 156 cm³/mol. The van der Waals surface area contributed by atoms with E-state index in [-0.39, 0.29) is 24.6 Å². The number of imidazole rings is 1. The summed E-state index contributed by atoms with van der Waals surface area (Å²) in [6.07, 6.45) is 4.77. The Morgan fingerprint density at radius 2 is 1.85 bits per heavy atom. The molecule has 0 atom stereocenters. The number of hydrogen-bond acceptors (Lipinski definition) is 7. The zero-order chi connectivity index (χ0) is 27.9. The van der Waals surface area contributed by atoms with E-state index in [0.717, 1.165) is 36.1 Å². The molecule has 3 heterocycles. The molecule has 3 aromatic heterocycles. The summed E-state index contributed by atoms with van der Waals surface area (Å²) in [5.41, 5.74) is 18.7. The summed E-state index contributed by atoms with van der Waals surface area (Å²) in [4.78, 5) is 28.6. The van der Waals surface area contributed by atoms with Crippen LogP contribution in [0.25, 0.3) is 39.5 Å². The Hall–Kier alpha value is -4.60. The van der Waals surface area contributed by atoms with Crippen LogP contribution in [0.1, 0.15) is 35.2 Å². The molecule has 1 aliphatic carbocycles. The molecule has 2 aromatic carbocycles. The number of anilines is 1. The second-order valence-corrected chi connectivity index (χ2v) is 10.3. The lowest BCUT2D eigenvalue weighted by molar-refractivity contribution is 0.0767. The molecular formula is C31H31N7O2. The number of likely N-dealkylation sites (N-methyl/N-ethyl adjacent to an activating group) is 1. The van der Waals surface area contributed by atoms with Gasteiger partial charge in [-0.1, -0.05) is 24.3 Å². The van der Waals surface area contributed by atoms with Crippen LogP contribution in [0.3, 0.4) is 0 Å². The van der Waals surface area contributed by atoms with Gasteiger partial charge in [0, 0.05) is 42.1 Å². The van der Waals surface area contributed by atoms with Gasteiger partial charge in [0.25, 0.3) is 5.91 Å². The maximum Gasteiger partial charge on any atom is 0.253 e. The summed E-state index contributed by atoms with van der Waals surface area (Å²) < 4.78 is 1.99. The third kappa shape index (κ3) is 4.49. The molecule has 1 aliphatic rings. The molecule has 202 valence electrons. The highest BCUT2D eigenvalue weighted by Crippen LogP contribution is 2.39. The quantitative estimate of drug-likeness (QED) is 0.286. The molecule has 0 saturated heterocycles. The minimum atomic E-state index is -0.259. The van der Waals surface area contributed by atoms with E-state index in [1.165, 1.54) is 4.90 Å². The van der Waals surface area contributed by atoms with Crippen molar-refractivity contribution in [1.29, 1.82) is 0 Å². The lowest BCUT2D eigenvalue weighted by Gasteiger charge is -2.38. The average Bonchev–Trinajstić information content (AvgIpc) is 3.34. The van der Waals surface area contributed by atoms with Crippen molar-refractivity contribution in [3.8, 4) is 28.3 Å². The van der Waals surface area contributed by atoms with Crippen LogP contribution < -0.4 is 11.5 Å². The van der Waals surface area contributed by atoms with Gasteiger partial charge in [0.1, 0.15) is 11.3 Å². The summed E-state index contributed by atoms with van der Waals surface area (Å²) in [7, 11) is 1.67. The number of pyridine rings is 2. The molecular weight excluding hydrogens is 502 g/mol. The molecule has 1 saturated carbocycles. The summed E-state index contributed by atoms with van der Waals surface area (Å²) in [5.74, 6) is 0.851. The van der Waals surface area contributed by atoms with Gasteiger partial charge in [0.05, 0.1) is 17.9 Å². The van der Waals surface area contributed by atoms with Crippen LogP contribution in [0.4, 0.5) is 5.82 Å². The fraction of sp³-hybridized carbons (Fsp3) is 0.226. The normalized spacial score (nSPS) is 14.2. The van der Waals surface area contributed by atoms with Gasteiger partial charge in [0.15, 0.2) is 11.5 Å². The number of fused-ring (bicyclic) bond motifs is 1. The van der Waals surface area contributed by atoms with Crippen LogP contribution in [0.15, 0.2) is 79.0 Å². The summed E-state index contributed by atoms with van der Waals surface area (Å²) >= 11 is 0. The van der Waals surface area contributed by atoms with Crippen molar-refractivity contribution >= 4 is 22.9 Å². The molecule has 9 nitrogen and oxygen atoms in total. The van der Waals surface area contributed by atoms with Crippen LogP contribution in [0.5, 0.6) is 0 Å². The summed E-state index contributed by atoms with van der Waals surface area (Å²) in [6, 6.07) is 23.2. The Balaban J connectivity index is 1.48. The molecule has 0 unspecified atom stereocenters. The molecule has 5 aromatic rings. The predicted octanol–water partition coefficient (Wildman–Crippen LogP) is 4.13. The van der Waals surface area contributed by atoms with Gasteiger partial charge in [-0.15, -0.1) is 0 Å². The number of aliphatic hydroxyl groups is 1. The standard InChI is InChI=1S/C31H31N7O2/c1-37(17-18-39)30(40)21-6-2-5-20(19-21)25-12-13-26-29(35-25)38(28(36-26)24-7-3-16-34-27(24)32)23-10-8-22(9-11-23)31(33)14-4-15-31/h2-3,5-13,16,19,39H,4,14-15,17-18,33H2,1H3,(H2,32,34). The van der Waals surface area contributed by atoms with Gasteiger partial charge in [-0.2, -0.15) is 0 Å². The largest absolute Gasteiger partial charge is 0.395 e. The van der Waals surface area contributed by atoms with Gasteiger partial charge < -0.3 is 21.5 Å². The lowest BCUT2D eigenvalue weighted by Crippen LogP contribution is -2.43. The van der Waals surface area contributed by atoms with E-state index < -0.39 is 0 Å². The summed E-state index contributed by atoms with van der Waals surface area (Å²) in [6.45, 7) is 0.165. The zero-order valence-corrected chi connectivity index (χ0v) is 22.3. The maximum absolute atomic E-state index is 12.8. The Morgan fingerprint density at radius 3 is 2.55 bits per heavy atom. The number of aromatic nitrogens is 4. The van der Waals surface area contributed by atoms with E-state index in [1.807, 2.05) is 59.2 Å². The highest BCUT2D eigenvalue weighted by Gasteiger charge is 2.34. The van der Waals surface area contributed by atoms with Crippen molar-refractivity contribution < 1.29 is 9.90 Å². The minimum absolute atomic E-state index is 0.0961. The van der Waals surface area contributed by atoms with Crippen molar-refractivity contribution in [3.63, 3.8) is 0 Å². The van der Waals surface area contributed by atoms with Crippen LogP contribution in [-0.2, 0) is 5.54 Å². The topological polar surface area (TPSA) is 136 Å². The number of nitrogens with zero attached hydrogens (tertiary/aromatic N) is 5. The van der Waals surface area contributed by atoms with E-state index in [0.29, 0.717) is 39.6 Å². The maximum atomic E-state index is 12.8. The number of carbonyl (C=O) groups excluding carboxylic acids is 1. The van der Waals surface area contributed by atoms with Crippen LogP contribution in [0.2, 0.25) is 0 Å². The first-order valence-electron chi connectivity index (χ1n) is 13.3. The second-order valence-electron chi connectivity index (χ2n) is 10.3. The molecule has 1 fully saturated rings. The SMILES string of the molecule is CN(CCO)C(=O)c1cccc(-c2ccc3nc(-c4cccnc4N)n(-c4ccc(C5(N)CCC5)cc4)c3n2)c1.